The molecule has 0 fully saturated rings. The zero-order valence-electron chi connectivity index (χ0n) is 24.5. The molecular weight excluding hydrogens is 515 g/mol. The molecular formula is C37H35N3Si. The summed E-state index contributed by atoms with van der Waals surface area (Å²) in [5.41, 5.74) is 9.60. The maximum Gasteiger partial charge on any atom is 0.129 e. The van der Waals surface area contributed by atoms with Crippen molar-refractivity contribution in [2.24, 2.45) is 10.3 Å². The van der Waals surface area contributed by atoms with Gasteiger partial charge in [0, 0.05) is 40.9 Å². The highest BCUT2D eigenvalue weighted by Gasteiger charge is 2.16. The number of hydrogen-bond acceptors (Lipinski definition) is 2. The minimum absolute atomic E-state index is 0.792. The molecule has 4 heteroatoms. The van der Waals surface area contributed by atoms with Crippen LogP contribution in [-0.4, -0.2) is 26.2 Å². The Labute approximate surface area is 244 Å². The summed E-state index contributed by atoms with van der Waals surface area (Å²) in [6.07, 6.45) is 0. The maximum atomic E-state index is 4.43. The van der Waals surface area contributed by atoms with E-state index in [2.05, 4.69) is 140 Å². The average Bonchev–Trinajstić information content (AvgIpc) is 2.99. The van der Waals surface area contributed by atoms with Gasteiger partial charge in [0.15, 0.2) is 0 Å². The first kappa shape index (κ1) is 27.9. The van der Waals surface area contributed by atoms with Crippen LogP contribution in [0.25, 0.3) is 32.7 Å². The monoisotopic (exact) mass is 549 g/mol. The van der Waals surface area contributed by atoms with Crippen molar-refractivity contribution in [3.05, 3.63) is 114 Å². The largest absolute Gasteiger partial charge is 0.279 e. The van der Waals surface area contributed by atoms with Crippen molar-refractivity contribution in [2.75, 3.05) is 13.1 Å². The van der Waals surface area contributed by atoms with E-state index >= 15 is 0 Å². The van der Waals surface area contributed by atoms with Gasteiger partial charge in [-0.2, -0.15) is 0 Å². The van der Waals surface area contributed by atoms with Gasteiger partial charge in [0.05, 0.1) is 5.69 Å². The minimum atomic E-state index is -1.59. The van der Waals surface area contributed by atoms with Crippen LogP contribution in [0.1, 0.15) is 30.5 Å². The highest BCUT2D eigenvalue weighted by atomic mass is 28.3. The number of hydrogen-bond donors (Lipinski definition) is 0. The summed E-state index contributed by atoms with van der Waals surface area (Å²) in [7, 11) is -1.59. The fraction of sp³-hybridized carbons (Fsp3) is 0.189. The number of benzene rings is 5. The van der Waals surface area contributed by atoms with Crippen molar-refractivity contribution >= 4 is 35.3 Å². The number of fused-ring (bicyclic) bond motifs is 2. The second-order valence-corrected chi connectivity index (χ2v) is 15.8. The van der Waals surface area contributed by atoms with Crippen molar-refractivity contribution < 1.29 is 0 Å². The lowest BCUT2D eigenvalue weighted by molar-refractivity contribution is 0.301. The van der Waals surface area contributed by atoms with E-state index in [1.54, 1.807) is 0 Å². The van der Waals surface area contributed by atoms with E-state index in [0.717, 1.165) is 46.6 Å². The molecule has 202 valence electrons. The summed E-state index contributed by atoms with van der Waals surface area (Å²) >= 11 is 0. The summed E-state index contributed by atoms with van der Waals surface area (Å²) in [5.74, 6) is 10.5. The van der Waals surface area contributed by atoms with Gasteiger partial charge in [0.25, 0.3) is 0 Å². The SMILES string of the molecule is CCN(CC)N=Nc1cccc(C#Cc2ccc3ccccc3c2-c2c(C#C[Si](C)(C)C)ccc3ccccc23)c1. The standard InChI is InChI=1S/C37H35N3Si/c1-6-40(7-2)39-38-33-16-12-13-28(27-33)19-20-31-23-21-29-14-8-10-17-34(29)36(31)37-32(25-26-41(3,4)5)24-22-30-15-9-11-18-35(30)37/h8-18,21-24,27H,6-7H2,1-5H3. The zero-order valence-corrected chi connectivity index (χ0v) is 25.5. The van der Waals surface area contributed by atoms with Gasteiger partial charge in [-0.15, -0.1) is 10.7 Å². The highest BCUT2D eigenvalue weighted by Crippen LogP contribution is 2.39. The maximum absolute atomic E-state index is 4.43. The lowest BCUT2D eigenvalue weighted by Gasteiger charge is -2.15. The third kappa shape index (κ3) is 6.57. The molecule has 0 radical (unpaired) electrons. The predicted octanol–water partition coefficient (Wildman–Crippen LogP) is 9.63. The van der Waals surface area contributed by atoms with Crippen LogP contribution in [0.3, 0.4) is 0 Å². The number of nitrogens with zero attached hydrogens (tertiary/aromatic N) is 3. The molecule has 0 saturated carbocycles. The van der Waals surface area contributed by atoms with Gasteiger partial charge in [-0.05, 0) is 65.7 Å². The predicted molar refractivity (Wildman–Crippen MR) is 177 cm³/mol. The quantitative estimate of drug-likeness (QED) is 0.0928. The molecule has 0 bridgehead atoms. The first-order chi connectivity index (χ1) is 19.9. The fourth-order valence-electron chi connectivity index (χ4n) is 4.80. The van der Waals surface area contributed by atoms with Crippen LogP contribution in [0.5, 0.6) is 0 Å². The Balaban J connectivity index is 1.72. The topological polar surface area (TPSA) is 28.0 Å². The van der Waals surface area contributed by atoms with E-state index in [1.807, 2.05) is 29.3 Å². The van der Waals surface area contributed by atoms with E-state index in [4.69, 9.17) is 0 Å². The Morgan fingerprint density at radius 1 is 0.634 bits per heavy atom. The second kappa shape index (κ2) is 12.3. The Kier molecular flexibility index (Phi) is 8.34. The molecule has 5 aromatic carbocycles. The van der Waals surface area contributed by atoms with Crippen molar-refractivity contribution in [3.8, 4) is 34.4 Å². The van der Waals surface area contributed by atoms with Crippen LogP contribution >= 0.6 is 0 Å². The second-order valence-electron chi connectivity index (χ2n) is 11.0. The molecule has 0 N–H and O–H groups in total. The molecule has 0 unspecified atom stereocenters. The van der Waals surface area contributed by atoms with Crippen molar-refractivity contribution in [3.63, 3.8) is 0 Å². The van der Waals surface area contributed by atoms with E-state index in [1.165, 1.54) is 21.5 Å². The summed E-state index contributed by atoms with van der Waals surface area (Å²) in [4.78, 5) is 0. The van der Waals surface area contributed by atoms with Gasteiger partial charge >= 0.3 is 0 Å². The van der Waals surface area contributed by atoms with E-state index in [-0.39, 0.29) is 0 Å². The van der Waals surface area contributed by atoms with Gasteiger partial charge in [-0.1, -0.05) is 109 Å². The number of rotatable bonds is 5. The zero-order chi connectivity index (χ0) is 28.8. The van der Waals surface area contributed by atoms with Crippen molar-refractivity contribution in [1.82, 2.24) is 5.01 Å². The van der Waals surface area contributed by atoms with E-state index in [9.17, 15) is 0 Å². The van der Waals surface area contributed by atoms with Crippen LogP contribution in [0.4, 0.5) is 5.69 Å². The molecule has 41 heavy (non-hydrogen) atoms. The van der Waals surface area contributed by atoms with Gasteiger partial charge < -0.3 is 0 Å². The molecule has 0 aromatic heterocycles. The molecule has 0 heterocycles. The van der Waals surface area contributed by atoms with Gasteiger partial charge in [0.2, 0.25) is 0 Å². The first-order valence-corrected chi connectivity index (χ1v) is 17.7. The molecule has 3 nitrogen and oxygen atoms in total. The average molecular weight is 550 g/mol. The van der Waals surface area contributed by atoms with Crippen LogP contribution in [0.15, 0.2) is 107 Å². The highest BCUT2D eigenvalue weighted by molar-refractivity contribution is 6.83. The Bertz CT molecular complexity index is 1870. The third-order valence-corrected chi connectivity index (χ3v) is 7.76. The van der Waals surface area contributed by atoms with Gasteiger partial charge in [-0.3, -0.25) is 5.01 Å². The van der Waals surface area contributed by atoms with Gasteiger partial charge in [-0.25, -0.2) is 0 Å². The van der Waals surface area contributed by atoms with Crippen molar-refractivity contribution in [2.45, 2.75) is 33.5 Å². The van der Waals surface area contributed by atoms with Gasteiger partial charge in [0.1, 0.15) is 8.07 Å². The van der Waals surface area contributed by atoms with E-state index < -0.39 is 8.07 Å². The molecule has 5 rings (SSSR count). The molecule has 5 aromatic rings. The lowest BCUT2D eigenvalue weighted by atomic mass is 9.87. The minimum Gasteiger partial charge on any atom is -0.279 e. The molecule has 0 aliphatic rings. The Morgan fingerprint density at radius 2 is 1.22 bits per heavy atom. The first-order valence-electron chi connectivity index (χ1n) is 14.2. The van der Waals surface area contributed by atoms with Crippen LogP contribution in [0.2, 0.25) is 19.6 Å². The molecule has 0 atom stereocenters. The Hall–Kier alpha value is -4.64. The van der Waals surface area contributed by atoms with Crippen LogP contribution in [0, 0.1) is 23.3 Å². The summed E-state index contributed by atoms with van der Waals surface area (Å²) in [5, 5.41) is 15.4. The normalized spacial score (nSPS) is 11.2. The molecule has 0 aliphatic carbocycles. The molecule has 0 aliphatic heterocycles. The lowest BCUT2D eigenvalue weighted by Crippen LogP contribution is -2.16. The Morgan fingerprint density at radius 3 is 1.80 bits per heavy atom. The van der Waals surface area contributed by atoms with Crippen LogP contribution in [-0.2, 0) is 0 Å². The molecule has 0 amide bonds. The van der Waals surface area contributed by atoms with Crippen molar-refractivity contribution in [1.29, 1.82) is 0 Å². The van der Waals surface area contributed by atoms with Crippen LogP contribution < -0.4 is 0 Å². The fourth-order valence-corrected chi connectivity index (χ4v) is 5.30. The molecule has 0 spiro atoms. The van der Waals surface area contributed by atoms with E-state index in [0.29, 0.717) is 0 Å². The summed E-state index contributed by atoms with van der Waals surface area (Å²) in [6, 6.07) is 33.7. The summed E-state index contributed by atoms with van der Waals surface area (Å²) in [6.45, 7) is 12.6. The summed E-state index contributed by atoms with van der Waals surface area (Å²) < 4.78 is 0. The molecule has 0 saturated heterocycles. The third-order valence-electron chi connectivity index (χ3n) is 6.88. The smallest absolute Gasteiger partial charge is 0.129 e.